The molecule has 0 aliphatic heterocycles. The van der Waals surface area contributed by atoms with Crippen LogP contribution < -0.4 is 11.1 Å². The number of benzene rings is 1. The van der Waals surface area contributed by atoms with Gasteiger partial charge in [0.05, 0.1) is 23.0 Å². The van der Waals surface area contributed by atoms with Crippen LogP contribution in [0.4, 0.5) is 11.4 Å². The van der Waals surface area contributed by atoms with Gasteiger partial charge < -0.3 is 11.1 Å². The number of hydrogen-bond acceptors (Lipinski definition) is 4. The standard InChI is InChI=1S/C14H15N3S/c1-10(6-12-4-5-18-9-12)17-14-3-2-11(8-15)7-13(14)16/h2-5,7,9-10,17H,6,16H2,1H3. The van der Waals surface area contributed by atoms with Gasteiger partial charge in [0, 0.05) is 6.04 Å². The first-order chi connectivity index (χ1) is 8.69. The SMILES string of the molecule is CC(Cc1ccsc1)Nc1ccc(C#N)cc1N. The van der Waals surface area contributed by atoms with E-state index in [1.807, 2.05) is 6.07 Å². The first-order valence-corrected chi connectivity index (χ1v) is 6.70. The van der Waals surface area contributed by atoms with Crippen LogP contribution in [0.5, 0.6) is 0 Å². The van der Waals surface area contributed by atoms with Crippen LogP contribution in [0.1, 0.15) is 18.1 Å². The molecule has 0 amide bonds. The highest BCUT2D eigenvalue weighted by atomic mass is 32.1. The van der Waals surface area contributed by atoms with Crippen LogP contribution in [0.15, 0.2) is 35.0 Å². The Labute approximate surface area is 111 Å². The summed E-state index contributed by atoms with van der Waals surface area (Å²) < 4.78 is 0. The number of nitrogens with one attached hydrogen (secondary N) is 1. The molecule has 1 heterocycles. The topological polar surface area (TPSA) is 61.8 Å². The third-order valence-corrected chi connectivity index (χ3v) is 3.44. The van der Waals surface area contributed by atoms with E-state index < -0.39 is 0 Å². The maximum absolute atomic E-state index is 8.78. The second-order valence-electron chi connectivity index (χ2n) is 4.29. The van der Waals surface area contributed by atoms with Gasteiger partial charge in [-0.25, -0.2) is 0 Å². The lowest BCUT2D eigenvalue weighted by Crippen LogP contribution is -2.18. The van der Waals surface area contributed by atoms with Crippen LogP contribution in [-0.2, 0) is 6.42 Å². The first-order valence-electron chi connectivity index (χ1n) is 5.76. The second-order valence-corrected chi connectivity index (χ2v) is 5.07. The lowest BCUT2D eigenvalue weighted by molar-refractivity contribution is 0.793. The molecule has 0 aliphatic carbocycles. The van der Waals surface area contributed by atoms with Crippen molar-refractivity contribution in [1.82, 2.24) is 0 Å². The number of hydrogen-bond donors (Lipinski definition) is 2. The molecule has 1 unspecified atom stereocenters. The average molecular weight is 257 g/mol. The lowest BCUT2D eigenvalue weighted by Gasteiger charge is -2.16. The molecule has 1 atom stereocenters. The predicted molar refractivity (Wildman–Crippen MR) is 76.7 cm³/mol. The van der Waals surface area contributed by atoms with Gasteiger partial charge in [-0.15, -0.1) is 0 Å². The van der Waals surface area contributed by atoms with Crippen LogP contribution in [0.25, 0.3) is 0 Å². The molecule has 0 bridgehead atoms. The lowest BCUT2D eigenvalue weighted by atomic mass is 10.1. The van der Waals surface area contributed by atoms with E-state index in [2.05, 4.69) is 35.1 Å². The summed E-state index contributed by atoms with van der Waals surface area (Å²) in [4.78, 5) is 0. The summed E-state index contributed by atoms with van der Waals surface area (Å²) in [7, 11) is 0. The van der Waals surface area contributed by atoms with Crippen LogP contribution in [0.2, 0.25) is 0 Å². The minimum atomic E-state index is 0.301. The van der Waals surface area contributed by atoms with Gasteiger partial charge in [-0.3, -0.25) is 0 Å². The van der Waals surface area contributed by atoms with Crippen molar-refractivity contribution < 1.29 is 0 Å². The number of anilines is 2. The number of nitrogens with two attached hydrogens (primary N) is 1. The third kappa shape index (κ3) is 3.02. The van der Waals surface area contributed by atoms with Crippen molar-refractivity contribution in [3.63, 3.8) is 0 Å². The van der Waals surface area contributed by atoms with Gasteiger partial charge in [0.15, 0.2) is 0 Å². The molecule has 0 spiro atoms. The Bertz CT molecular complexity index is 555. The van der Waals surface area contributed by atoms with Gasteiger partial charge >= 0.3 is 0 Å². The van der Waals surface area contributed by atoms with E-state index in [-0.39, 0.29) is 0 Å². The highest BCUT2D eigenvalue weighted by Crippen LogP contribution is 2.21. The molecule has 2 rings (SSSR count). The zero-order chi connectivity index (χ0) is 13.0. The highest BCUT2D eigenvalue weighted by Gasteiger charge is 2.06. The average Bonchev–Trinajstić information content (AvgIpc) is 2.84. The molecule has 3 N–H and O–H groups in total. The van der Waals surface area contributed by atoms with Gasteiger partial charge in [-0.1, -0.05) is 0 Å². The fraction of sp³-hybridized carbons (Fsp3) is 0.214. The molecule has 0 saturated heterocycles. The molecule has 4 heteroatoms. The van der Waals surface area contributed by atoms with Gasteiger partial charge in [0.25, 0.3) is 0 Å². The zero-order valence-electron chi connectivity index (χ0n) is 10.2. The number of nitrogens with zero attached hydrogens (tertiary/aromatic N) is 1. The van der Waals surface area contributed by atoms with E-state index in [1.54, 1.807) is 23.5 Å². The number of nitrogen functional groups attached to an aromatic ring is 1. The molecule has 0 saturated carbocycles. The molecular weight excluding hydrogens is 242 g/mol. The Kier molecular flexibility index (Phi) is 3.85. The molecule has 18 heavy (non-hydrogen) atoms. The number of nitriles is 1. The molecule has 0 fully saturated rings. The van der Waals surface area contributed by atoms with Crippen molar-refractivity contribution in [3.05, 3.63) is 46.2 Å². The third-order valence-electron chi connectivity index (χ3n) is 2.70. The van der Waals surface area contributed by atoms with Crippen LogP contribution >= 0.6 is 11.3 Å². The minimum Gasteiger partial charge on any atom is -0.397 e. The van der Waals surface area contributed by atoms with Crippen molar-refractivity contribution in [2.45, 2.75) is 19.4 Å². The summed E-state index contributed by atoms with van der Waals surface area (Å²) in [6.45, 7) is 2.12. The molecule has 2 aromatic rings. The van der Waals surface area contributed by atoms with Gasteiger partial charge in [-0.2, -0.15) is 16.6 Å². The van der Waals surface area contributed by atoms with Crippen molar-refractivity contribution in [2.24, 2.45) is 0 Å². The molecule has 92 valence electrons. The summed E-state index contributed by atoms with van der Waals surface area (Å²) in [6.07, 6.45) is 0.961. The van der Waals surface area contributed by atoms with E-state index in [0.29, 0.717) is 17.3 Å². The summed E-state index contributed by atoms with van der Waals surface area (Å²) in [5, 5.41) is 16.4. The van der Waals surface area contributed by atoms with Crippen LogP contribution in [0, 0.1) is 11.3 Å². The normalized spacial score (nSPS) is 11.8. The quantitative estimate of drug-likeness (QED) is 0.826. The summed E-state index contributed by atoms with van der Waals surface area (Å²) in [5.41, 5.74) is 9.32. The molecular formula is C14H15N3S. The second kappa shape index (κ2) is 5.56. The molecule has 0 radical (unpaired) electrons. The Morgan fingerprint density at radius 3 is 2.89 bits per heavy atom. The molecule has 0 aliphatic rings. The molecule has 1 aromatic heterocycles. The zero-order valence-corrected chi connectivity index (χ0v) is 11.0. The van der Waals surface area contributed by atoms with Gasteiger partial charge in [0.1, 0.15) is 0 Å². The Hall–Kier alpha value is -1.99. The molecule has 1 aromatic carbocycles. The first kappa shape index (κ1) is 12.5. The van der Waals surface area contributed by atoms with Gasteiger partial charge in [0.2, 0.25) is 0 Å². The summed E-state index contributed by atoms with van der Waals surface area (Å²) in [5.74, 6) is 0. The Balaban J connectivity index is 2.03. The molecule has 3 nitrogen and oxygen atoms in total. The summed E-state index contributed by atoms with van der Waals surface area (Å²) >= 11 is 1.71. The predicted octanol–water partition coefficient (Wildman–Crippen LogP) is 3.25. The van der Waals surface area contributed by atoms with Crippen LogP contribution in [0.3, 0.4) is 0 Å². The Morgan fingerprint density at radius 2 is 2.28 bits per heavy atom. The smallest absolute Gasteiger partial charge is 0.0992 e. The van der Waals surface area contributed by atoms with E-state index in [0.717, 1.165) is 12.1 Å². The number of rotatable bonds is 4. The van der Waals surface area contributed by atoms with Gasteiger partial charge in [-0.05, 0) is 53.9 Å². The fourth-order valence-corrected chi connectivity index (χ4v) is 2.52. The monoisotopic (exact) mass is 257 g/mol. The maximum Gasteiger partial charge on any atom is 0.0992 e. The largest absolute Gasteiger partial charge is 0.397 e. The van der Waals surface area contributed by atoms with Crippen molar-refractivity contribution in [2.75, 3.05) is 11.1 Å². The van der Waals surface area contributed by atoms with Crippen molar-refractivity contribution >= 4 is 22.7 Å². The van der Waals surface area contributed by atoms with E-state index in [9.17, 15) is 0 Å². The van der Waals surface area contributed by atoms with Crippen LogP contribution in [-0.4, -0.2) is 6.04 Å². The summed E-state index contributed by atoms with van der Waals surface area (Å²) in [6, 6.07) is 9.84. The maximum atomic E-state index is 8.78. The fourth-order valence-electron chi connectivity index (χ4n) is 1.84. The Morgan fingerprint density at radius 1 is 1.44 bits per heavy atom. The van der Waals surface area contributed by atoms with Crippen molar-refractivity contribution in [1.29, 1.82) is 5.26 Å². The van der Waals surface area contributed by atoms with E-state index in [4.69, 9.17) is 11.0 Å². The number of thiophene rings is 1. The minimum absolute atomic E-state index is 0.301. The highest BCUT2D eigenvalue weighted by molar-refractivity contribution is 7.07. The van der Waals surface area contributed by atoms with E-state index >= 15 is 0 Å². The van der Waals surface area contributed by atoms with E-state index in [1.165, 1.54) is 5.56 Å². The van der Waals surface area contributed by atoms with Crippen molar-refractivity contribution in [3.8, 4) is 6.07 Å².